The monoisotopic (exact) mass is 587 g/mol. The summed E-state index contributed by atoms with van der Waals surface area (Å²) in [7, 11) is -3.30. The van der Waals surface area contributed by atoms with Crippen LogP contribution in [0.15, 0.2) is 54.4 Å². The second-order valence-corrected chi connectivity index (χ2v) is 13.9. The maximum Gasteiger partial charge on any atom is 0.414 e. The van der Waals surface area contributed by atoms with Gasteiger partial charge in [-0.05, 0) is 36.2 Å². The van der Waals surface area contributed by atoms with Crippen molar-refractivity contribution in [3.63, 3.8) is 0 Å². The number of carbonyl (C=O) groups is 1. The van der Waals surface area contributed by atoms with E-state index in [9.17, 15) is 24.6 Å². The minimum atomic E-state index is -2.49. The predicted molar refractivity (Wildman–Crippen MR) is 150 cm³/mol. The largest absolute Gasteiger partial charge is 0.443 e. The number of cyclic esters (lactones) is 1. The van der Waals surface area contributed by atoms with Crippen LogP contribution in [0.25, 0.3) is 11.1 Å². The third kappa shape index (κ3) is 7.98. The number of ether oxygens (including phenoxy) is 1. The number of amides is 1. The second-order valence-electron chi connectivity index (χ2n) is 8.59. The lowest BCUT2D eigenvalue weighted by Crippen LogP contribution is -2.37. The normalized spacial score (nSPS) is 18.8. The number of rotatable bonds is 13. The van der Waals surface area contributed by atoms with Crippen molar-refractivity contribution in [3.05, 3.63) is 65.7 Å². The molecule has 3 rings (SSSR count). The van der Waals surface area contributed by atoms with Crippen LogP contribution in [0.2, 0.25) is 0 Å². The van der Waals surface area contributed by atoms with Crippen molar-refractivity contribution >= 4 is 40.7 Å². The number of carbonyl (C=O) groups excluding carboxylic acids is 1. The molecule has 4 atom stereocenters. The number of nitrogens with one attached hydrogen (secondary N) is 2. The molecule has 11 nitrogen and oxygen atoms in total. The number of benzene rings is 2. The Hall–Kier alpha value is -2.05. The number of aliphatic hydroxyl groups is 1. The summed E-state index contributed by atoms with van der Waals surface area (Å²) in [4.78, 5) is 42.1. The standard InChI is InChI=1S/C23H32FN5O6P2S/c1-23(36-32,37(33)34)38-21(30)28-12-18-13-29(22(31)35-18)17-6-7-19(20(24)8-17)15-4-2-14(3-5-15)10-27-11-16(26)9-25/h2-9,18,21,27-28,30,32-34,36H,10-13,25-26H2,1H3/b16-9-/t18-,21?,23?/m0/s1. The summed E-state index contributed by atoms with van der Waals surface area (Å²) in [5.74, 6) is -0.496. The summed E-state index contributed by atoms with van der Waals surface area (Å²) < 4.78 is 19.0. The van der Waals surface area contributed by atoms with Crippen LogP contribution >= 0.6 is 28.9 Å². The van der Waals surface area contributed by atoms with Crippen molar-refractivity contribution in [2.75, 3.05) is 24.5 Å². The summed E-state index contributed by atoms with van der Waals surface area (Å²) in [6.07, 6.45) is 0.0573. The predicted octanol–water partition coefficient (Wildman–Crippen LogP) is 1.82. The van der Waals surface area contributed by atoms with Gasteiger partial charge in [0, 0.05) is 45.9 Å². The first-order chi connectivity index (χ1) is 18.1. The molecule has 0 radical (unpaired) electrons. The average molecular weight is 588 g/mol. The maximum absolute atomic E-state index is 15.0. The zero-order chi connectivity index (χ0) is 27.9. The van der Waals surface area contributed by atoms with Gasteiger partial charge in [-0.3, -0.25) is 10.2 Å². The van der Waals surface area contributed by atoms with Crippen molar-refractivity contribution in [2.24, 2.45) is 11.5 Å². The van der Waals surface area contributed by atoms with Crippen LogP contribution in [-0.2, 0) is 11.3 Å². The number of anilines is 1. The smallest absolute Gasteiger partial charge is 0.414 e. The van der Waals surface area contributed by atoms with Crippen LogP contribution in [-0.4, -0.2) is 61.4 Å². The Morgan fingerprint density at radius 2 is 2.08 bits per heavy atom. The number of halogens is 1. The van der Waals surface area contributed by atoms with Gasteiger partial charge >= 0.3 is 6.09 Å². The minimum absolute atomic E-state index is 0.0622. The summed E-state index contributed by atoms with van der Waals surface area (Å²) in [5, 5.41) is 16.0. The molecule has 0 spiro atoms. The van der Waals surface area contributed by atoms with E-state index in [1.165, 1.54) is 24.1 Å². The van der Waals surface area contributed by atoms with Crippen molar-refractivity contribution in [1.82, 2.24) is 10.6 Å². The van der Waals surface area contributed by atoms with Crippen molar-refractivity contribution in [1.29, 1.82) is 0 Å². The summed E-state index contributed by atoms with van der Waals surface area (Å²) in [5.41, 5.74) is 12.7. The molecule has 10 N–H and O–H groups in total. The van der Waals surface area contributed by atoms with E-state index in [2.05, 4.69) is 10.6 Å². The molecule has 1 fully saturated rings. The Bertz CT molecular complexity index is 1130. The van der Waals surface area contributed by atoms with Crippen molar-refractivity contribution < 1.29 is 33.7 Å². The highest BCUT2D eigenvalue weighted by Crippen LogP contribution is 2.59. The van der Waals surface area contributed by atoms with Gasteiger partial charge < -0.3 is 41.3 Å². The summed E-state index contributed by atoms with van der Waals surface area (Å²) >= 11 is 0.761. The third-order valence-electron chi connectivity index (χ3n) is 5.73. The number of hydrogen-bond acceptors (Lipinski definition) is 11. The number of hydrogen-bond donors (Lipinski definition) is 8. The Morgan fingerprint density at radius 3 is 2.68 bits per heavy atom. The molecule has 0 aromatic heterocycles. The molecule has 1 amide bonds. The van der Waals surface area contributed by atoms with E-state index in [-0.39, 0.29) is 13.1 Å². The van der Waals surface area contributed by atoms with Crippen LogP contribution in [0.4, 0.5) is 14.9 Å². The van der Waals surface area contributed by atoms with Gasteiger partial charge in [-0.2, -0.15) is 0 Å². The maximum atomic E-state index is 15.0. The van der Waals surface area contributed by atoms with E-state index in [1.54, 1.807) is 12.1 Å². The Morgan fingerprint density at radius 1 is 1.37 bits per heavy atom. The van der Waals surface area contributed by atoms with Gasteiger partial charge in [-0.15, -0.1) is 0 Å². The Labute approximate surface area is 227 Å². The first-order valence-corrected chi connectivity index (χ1v) is 14.6. The van der Waals surface area contributed by atoms with E-state index in [1.807, 2.05) is 24.3 Å². The fraction of sp³-hybridized carbons (Fsp3) is 0.348. The Balaban J connectivity index is 1.57. The third-order valence-corrected chi connectivity index (χ3v) is 10.1. The van der Waals surface area contributed by atoms with Crippen molar-refractivity contribution in [3.8, 4) is 11.1 Å². The molecule has 1 saturated heterocycles. The van der Waals surface area contributed by atoms with E-state index in [4.69, 9.17) is 16.2 Å². The van der Waals surface area contributed by atoms with Gasteiger partial charge in [0.25, 0.3) is 0 Å². The van der Waals surface area contributed by atoms with Gasteiger partial charge in [0.1, 0.15) is 16.2 Å². The quantitative estimate of drug-likeness (QED) is 0.126. The van der Waals surface area contributed by atoms with Gasteiger partial charge in [0.2, 0.25) is 0 Å². The molecular formula is C23H32FN5O6P2S. The van der Waals surface area contributed by atoms with Gasteiger partial charge in [-0.25, -0.2) is 9.18 Å². The average Bonchev–Trinajstić information content (AvgIpc) is 3.28. The highest BCUT2D eigenvalue weighted by atomic mass is 32.2. The zero-order valence-corrected chi connectivity index (χ0v) is 23.3. The molecule has 0 aliphatic carbocycles. The molecule has 0 saturated carbocycles. The van der Waals surface area contributed by atoms with Gasteiger partial charge in [-0.1, -0.05) is 36.0 Å². The first kappa shape index (κ1) is 30.5. The molecule has 1 heterocycles. The lowest BCUT2D eigenvalue weighted by molar-refractivity contribution is 0.128. The van der Waals surface area contributed by atoms with E-state index in [0.717, 1.165) is 17.3 Å². The molecule has 0 bridgehead atoms. The first-order valence-electron chi connectivity index (χ1n) is 11.5. The summed E-state index contributed by atoms with van der Waals surface area (Å²) in [6.45, 7) is 2.64. The molecule has 3 unspecified atom stereocenters. The second kappa shape index (κ2) is 13.8. The lowest BCUT2D eigenvalue weighted by Gasteiger charge is -2.29. The zero-order valence-electron chi connectivity index (χ0n) is 20.5. The van der Waals surface area contributed by atoms with E-state index in [0.29, 0.717) is 35.6 Å². The molecule has 2 aromatic rings. The highest BCUT2D eigenvalue weighted by molar-refractivity contribution is 8.11. The van der Waals surface area contributed by atoms with Gasteiger partial charge in [0.05, 0.1) is 12.2 Å². The molecule has 1 aliphatic heterocycles. The van der Waals surface area contributed by atoms with Crippen LogP contribution in [0, 0.1) is 5.82 Å². The molecule has 15 heteroatoms. The fourth-order valence-electron chi connectivity index (χ4n) is 3.57. The number of thioether (sulfide) groups is 1. The van der Waals surface area contributed by atoms with Crippen LogP contribution in [0.3, 0.4) is 0 Å². The highest BCUT2D eigenvalue weighted by Gasteiger charge is 2.37. The van der Waals surface area contributed by atoms with E-state index >= 15 is 4.39 Å². The fourth-order valence-corrected chi connectivity index (χ4v) is 5.76. The number of nitrogens with two attached hydrogens (primary N) is 2. The SMILES string of the molecule is CC(PO)(SC(O)NC[C@H]1CN(c2ccc(-c3ccc(CNC/C(N)=C/N)cc3)c(F)c2)C(=O)O1)P(O)O. The molecule has 208 valence electrons. The lowest BCUT2D eigenvalue weighted by atomic mass is 10.0. The van der Waals surface area contributed by atoms with Crippen molar-refractivity contribution in [2.45, 2.75) is 29.4 Å². The van der Waals surface area contributed by atoms with Crippen LogP contribution in [0.1, 0.15) is 12.5 Å². The van der Waals surface area contributed by atoms with Crippen LogP contribution in [0.5, 0.6) is 0 Å². The Kier molecular flexibility index (Phi) is 11.1. The molecule has 2 aromatic carbocycles. The van der Waals surface area contributed by atoms with Gasteiger partial charge in [0.15, 0.2) is 13.9 Å². The van der Waals surface area contributed by atoms with Crippen LogP contribution < -0.4 is 27.0 Å². The number of aliphatic hydroxyl groups excluding tert-OH is 1. The molecule has 38 heavy (non-hydrogen) atoms. The molecular weight excluding hydrogens is 555 g/mol. The topological polar surface area (TPSA) is 187 Å². The number of nitrogens with zero attached hydrogens (tertiary/aromatic N) is 1. The summed E-state index contributed by atoms with van der Waals surface area (Å²) in [6, 6.07) is 11.9. The minimum Gasteiger partial charge on any atom is -0.443 e. The molecule has 1 aliphatic rings. The van der Waals surface area contributed by atoms with E-state index < -0.39 is 45.0 Å².